The number of rotatable bonds is 6. The number of aromatic nitrogens is 2. The third-order valence-electron chi connectivity index (χ3n) is 3.14. The van der Waals surface area contributed by atoms with Crippen LogP contribution in [0.2, 0.25) is 0 Å². The average Bonchev–Trinajstić information content (AvgIpc) is 3.08. The van der Waals surface area contributed by atoms with Gasteiger partial charge in [0.25, 0.3) is 11.8 Å². The monoisotopic (exact) mass is 341 g/mol. The molecule has 0 aliphatic heterocycles. The van der Waals surface area contributed by atoms with Gasteiger partial charge in [-0.3, -0.25) is 10.1 Å². The van der Waals surface area contributed by atoms with E-state index in [1.165, 1.54) is 11.8 Å². The van der Waals surface area contributed by atoms with Gasteiger partial charge in [-0.25, -0.2) is 0 Å². The summed E-state index contributed by atoms with van der Waals surface area (Å²) in [5, 5.41) is 10.3. The quantitative estimate of drug-likeness (QED) is 0.690. The Morgan fingerprint density at radius 3 is 2.67 bits per heavy atom. The first-order valence-corrected chi connectivity index (χ1v) is 8.43. The van der Waals surface area contributed by atoms with Gasteiger partial charge in [0.15, 0.2) is 6.61 Å². The molecule has 3 rings (SSSR count). The third-order valence-corrected chi connectivity index (χ3v) is 3.94. The molecule has 0 saturated carbocycles. The summed E-state index contributed by atoms with van der Waals surface area (Å²) < 4.78 is 10.9. The van der Waals surface area contributed by atoms with Crippen molar-refractivity contribution in [3.63, 3.8) is 0 Å². The average molecular weight is 341 g/mol. The minimum absolute atomic E-state index is 0.0440. The van der Waals surface area contributed by atoms with Gasteiger partial charge in [0.2, 0.25) is 0 Å². The van der Waals surface area contributed by atoms with Crippen molar-refractivity contribution in [3.05, 3.63) is 66.1 Å². The van der Waals surface area contributed by atoms with Crippen LogP contribution in [0.25, 0.3) is 0 Å². The van der Waals surface area contributed by atoms with E-state index in [1.807, 2.05) is 54.8 Å². The molecule has 3 aromatic rings. The molecule has 0 aliphatic carbocycles. The molecule has 0 fully saturated rings. The van der Waals surface area contributed by atoms with Crippen LogP contribution in [0.1, 0.15) is 16.2 Å². The number of hydrogen-bond acceptors (Lipinski definition) is 6. The molecule has 122 valence electrons. The summed E-state index contributed by atoms with van der Waals surface area (Å²) >= 11 is 1.50. The molecule has 0 aliphatic rings. The fourth-order valence-electron chi connectivity index (χ4n) is 2.02. The van der Waals surface area contributed by atoms with Crippen molar-refractivity contribution in [2.24, 2.45) is 0 Å². The van der Waals surface area contributed by atoms with E-state index in [0.717, 1.165) is 4.90 Å². The zero-order valence-corrected chi connectivity index (χ0v) is 13.7. The number of amides is 1. The Labute approximate surface area is 143 Å². The highest BCUT2D eigenvalue weighted by Gasteiger charge is 2.14. The molecule has 0 radical (unpaired) electrons. The summed E-state index contributed by atoms with van der Waals surface area (Å²) in [6.45, 7) is 0.133. The Bertz CT molecular complexity index is 821. The first kappa shape index (κ1) is 16.1. The van der Waals surface area contributed by atoms with Crippen LogP contribution < -0.4 is 10.1 Å². The summed E-state index contributed by atoms with van der Waals surface area (Å²) in [6.07, 6.45) is 1.91. The number of benzene rings is 2. The zero-order valence-electron chi connectivity index (χ0n) is 12.9. The Balaban J connectivity index is 1.62. The Morgan fingerprint density at radius 1 is 1.12 bits per heavy atom. The van der Waals surface area contributed by atoms with Gasteiger partial charge >= 0.3 is 6.01 Å². The van der Waals surface area contributed by atoms with Gasteiger partial charge in [-0.05, 0) is 30.5 Å². The van der Waals surface area contributed by atoms with E-state index < -0.39 is 0 Å². The van der Waals surface area contributed by atoms with Crippen LogP contribution in [0.3, 0.4) is 0 Å². The van der Waals surface area contributed by atoms with Crippen LogP contribution in [0.15, 0.2) is 63.9 Å². The Hall–Kier alpha value is -2.80. The number of ether oxygens (including phenoxy) is 1. The van der Waals surface area contributed by atoms with Crippen molar-refractivity contribution in [2.45, 2.75) is 11.5 Å². The van der Waals surface area contributed by atoms with E-state index in [-0.39, 0.29) is 24.4 Å². The molecule has 24 heavy (non-hydrogen) atoms. The zero-order chi connectivity index (χ0) is 16.8. The lowest BCUT2D eigenvalue weighted by molar-refractivity contribution is 0.102. The van der Waals surface area contributed by atoms with Crippen molar-refractivity contribution < 1.29 is 13.9 Å². The van der Waals surface area contributed by atoms with E-state index in [9.17, 15) is 4.79 Å². The molecule has 0 spiro atoms. The molecule has 1 aromatic heterocycles. The molecule has 0 atom stereocenters. The van der Waals surface area contributed by atoms with Gasteiger partial charge in [0.1, 0.15) is 5.75 Å². The predicted octanol–water partition coefficient (Wildman–Crippen LogP) is 3.62. The Morgan fingerprint density at radius 2 is 1.88 bits per heavy atom. The number of para-hydroxylation sites is 1. The van der Waals surface area contributed by atoms with E-state index in [2.05, 4.69) is 15.5 Å². The van der Waals surface area contributed by atoms with Gasteiger partial charge in [0.05, 0.1) is 5.56 Å². The number of nitrogens with zero attached hydrogens (tertiary/aromatic N) is 2. The van der Waals surface area contributed by atoms with E-state index in [4.69, 9.17) is 9.15 Å². The first-order valence-electron chi connectivity index (χ1n) is 7.21. The number of carbonyl (C=O) groups excluding carboxylic acids is 1. The molecular formula is C17H15N3O3S. The molecule has 1 amide bonds. The van der Waals surface area contributed by atoms with Crippen molar-refractivity contribution in [2.75, 3.05) is 11.6 Å². The number of carbonyl (C=O) groups is 1. The van der Waals surface area contributed by atoms with Crippen LogP contribution in [0.5, 0.6) is 5.75 Å². The molecule has 1 N–H and O–H groups in total. The second-order valence-electron chi connectivity index (χ2n) is 4.76. The van der Waals surface area contributed by atoms with Crippen LogP contribution >= 0.6 is 11.8 Å². The van der Waals surface area contributed by atoms with Gasteiger partial charge in [-0.15, -0.1) is 16.9 Å². The molecule has 6 nitrogen and oxygen atoms in total. The maximum Gasteiger partial charge on any atom is 0.322 e. The van der Waals surface area contributed by atoms with Gasteiger partial charge in [-0.2, -0.15) is 0 Å². The summed E-state index contributed by atoms with van der Waals surface area (Å²) in [5.74, 6) is 0.696. The largest absolute Gasteiger partial charge is 0.484 e. The summed E-state index contributed by atoms with van der Waals surface area (Å²) in [7, 11) is 0. The van der Waals surface area contributed by atoms with Crippen LogP contribution in [0, 0.1) is 0 Å². The fourth-order valence-corrected chi connectivity index (χ4v) is 2.62. The van der Waals surface area contributed by atoms with Gasteiger partial charge in [-0.1, -0.05) is 35.4 Å². The van der Waals surface area contributed by atoms with Crippen molar-refractivity contribution in [1.29, 1.82) is 0 Å². The van der Waals surface area contributed by atoms with E-state index in [1.54, 1.807) is 6.07 Å². The SMILES string of the molecule is CSc1ccccc1C(=O)Nc1nnc(COc2ccccc2)o1. The van der Waals surface area contributed by atoms with E-state index in [0.29, 0.717) is 11.3 Å². The highest BCUT2D eigenvalue weighted by atomic mass is 32.2. The lowest BCUT2D eigenvalue weighted by Crippen LogP contribution is -2.13. The van der Waals surface area contributed by atoms with Crippen LogP contribution in [-0.2, 0) is 6.61 Å². The third kappa shape index (κ3) is 3.94. The molecule has 2 aromatic carbocycles. The van der Waals surface area contributed by atoms with E-state index >= 15 is 0 Å². The lowest BCUT2D eigenvalue weighted by atomic mass is 10.2. The summed E-state index contributed by atoms with van der Waals surface area (Å²) in [6, 6.07) is 16.7. The smallest absolute Gasteiger partial charge is 0.322 e. The predicted molar refractivity (Wildman–Crippen MR) is 91.2 cm³/mol. The van der Waals surface area contributed by atoms with Crippen molar-refractivity contribution in [3.8, 4) is 5.75 Å². The lowest BCUT2D eigenvalue weighted by Gasteiger charge is -2.05. The second-order valence-corrected chi connectivity index (χ2v) is 5.61. The molecule has 0 bridgehead atoms. The van der Waals surface area contributed by atoms with Gasteiger partial charge < -0.3 is 9.15 Å². The molecule has 0 unspecified atom stereocenters. The molecule has 1 heterocycles. The summed E-state index contributed by atoms with van der Waals surface area (Å²) in [5.41, 5.74) is 0.560. The summed E-state index contributed by atoms with van der Waals surface area (Å²) in [4.78, 5) is 13.2. The topological polar surface area (TPSA) is 77.2 Å². The number of thioether (sulfide) groups is 1. The normalized spacial score (nSPS) is 10.4. The maximum atomic E-state index is 12.3. The van der Waals surface area contributed by atoms with Crippen LogP contribution in [0.4, 0.5) is 6.01 Å². The fraction of sp³-hybridized carbons (Fsp3) is 0.118. The number of anilines is 1. The number of nitrogens with one attached hydrogen (secondary N) is 1. The highest BCUT2D eigenvalue weighted by molar-refractivity contribution is 7.98. The molecule has 7 heteroatoms. The minimum atomic E-state index is -0.292. The van der Waals surface area contributed by atoms with Gasteiger partial charge in [0, 0.05) is 4.90 Å². The second kappa shape index (κ2) is 7.65. The molecule has 0 saturated heterocycles. The number of hydrogen-bond donors (Lipinski definition) is 1. The molecular weight excluding hydrogens is 326 g/mol. The minimum Gasteiger partial charge on any atom is -0.484 e. The maximum absolute atomic E-state index is 12.3. The highest BCUT2D eigenvalue weighted by Crippen LogP contribution is 2.21. The van der Waals surface area contributed by atoms with Crippen molar-refractivity contribution in [1.82, 2.24) is 10.2 Å². The van der Waals surface area contributed by atoms with Crippen molar-refractivity contribution >= 4 is 23.7 Å². The first-order chi connectivity index (χ1) is 11.8. The standard InChI is InChI=1S/C17H15N3O3S/c1-24-14-10-6-5-9-13(14)16(21)18-17-20-19-15(23-17)11-22-12-7-3-2-4-8-12/h2-10H,11H2,1H3,(H,18,20,21). The van der Waals surface area contributed by atoms with Crippen LogP contribution in [-0.4, -0.2) is 22.4 Å². The Kier molecular flexibility index (Phi) is 5.12.